The van der Waals surface area contributed by atoms with Crippen LogP contribution in [0.4, 0.5) is 0 Å². The van der Waals surface area contributed by atoms with Gasteiger partial charge in [0, 0.05) is 10.6 Å². The van der Waals surface area contributed by atoms with Crippen LogP contribution in [-0.4, -0.2) is 10.4 Å². The third kappa shape index (κ3) is 1.90. The number of benzene rings is 1. The van der Waals surface area contributed by atoms with Crippen LogP contribution >= 0.6 is 23.2 Å². The van der Waals surface area contributed by atoms with Crippen LogP contribution in [0.1, 0.15) is 11.1 Å². The van der Waals surface area contributed by atoms with Crippen LogP contribution < -0.4 is 0 Å². The van der Waals surface area contributed by atoms with Crippen molar-refractivity contribution in [1.29, 1.82) is 0 Å². The molecule has 12 heavy (non-hydrogen) atoms. The number of halogens is 2. The van der Waals surface area contributed by atoms with Gasteiger partial charge in [-0.1, -0.05) is 40.5 Å². The second-order valence-corrected chi connectivity index (χ2v) is 3.12. The van der Waals surface area contributed by atoms with Crippen molar-refractivity contribution >= 4 is 28.4 Å². The van der Waals surface area contributed by atoms with Crippen LogP contribution in [-0.2, 0) is 0 Å². The van der Waals surface area contributed by atoms with Crippen LogP contribution in [0, 0.1) is 6.92 Å². The molecule has 2 nitrogen and oxygen atoms in total. The summed E-state index contributed by atoms with van der Waals surface area (Å²) in [6, 6.07) is 5.20. The Balaban J connectivity index is 3.13. The lowest BCUT2D eigenvalue weighted by Crippen LogP contribution is -1.91. The molecule has 0 saturated carbocycles. The van der Waals surface area contributed by atoms with Gasteiger partial charge in [-0.3, -0.25) is 0 Å². The zero-order chi connectivity index (χ0) is 9.14. The van der Waals surface area contributed by atoms with Crippen LogP contribution in [0.2, 0.25) is 5.02 Å². The topological polar surface area (TPSA) is 32.6 Å². The monoisotopic (exact) mass is 203 g/mol. The first kappa shape index (κ1) is 9.36. The Kier molecular flexibility index (Phi) is 2.95. The maximum atomic E-state index is 8.36. The molecule has 0 spiro atoms. The summed E-state index contributed by atoms with van der Waals surface area (Å²) in [6.45, 7) is 1.89. The van der Waals surface area contributed by atoms with Crippen molar-refractivity contribution in [1.82, 2.24) is 0 Å². The smallest absolute Gasteiger partial charge is 0.175 e. The van der Waals surface area contributed by atoms with E-state index in [2.05, 4.69) is 5.16 Å². The van der Waals surface area contributed by atoms with Crippen LogP contribution in [0.5, 0.6) is 0 Å². The van der Waals surface area contributed by atoms with E-state index in [-0.39, 0.29) is 5.17 Å². The summed E-state index contributed by atoms with van der Waals surface area (Å²) in [5, 5.41) is 11.9. The number of hydrogen-bond donors (Lipinski definition) is 1. The van der Waals surface area contributed by atoms with Crippen molar-refractivity contribution in [2.24, 2.45) is 5.16 Å². The Labute approximate surface area is 80.4 Å². The Morgan fingerprint density at radius 1 is 1.50 bits per heavy atom. The van der Waals surface area contributed by atoms with Crippen molar-refractivity contribution in [3.63, 3.8) is 0 Å². The van der Waals surface area contributed by atoms with E-state index in [0.29, 0.717) is 10.6 Å². The van der Waals surface area contributed by atoms with E-state index < -0.39 is 0 Å². The Morgan fingerprint density at radius 3 is 2.67 bits per heavy atom. The summed E-state index contributed by atoms with van der Waals surface area (Å²) in [6.07, 6.45) is 0. The molecule has 0 aromatic heterocycles. The number of nitrogens with zero attached hydrogens (tertiary/aromatic N) is 1. The quantitative estimate of drug-likeness (QED) is 0.425. The molecule has 0 heterocycles. The van der Waals surface area contributed by atoms with Gasteiger partial charge in [0.25, 0.3) is 0 Å². The summed E-state index contributed by atoms with van der Waals surface area (Å²) in [7, 11) is 0. The second-order valence-electron chi connectivity index (χ2n) is 2.35. The van der Waals surface area contributed by atoms with Gasteiger partial charge in [-0.2, -0.15) is 0 Å². The first-order valence-electron chi connectivity index (χ1n) is 3.29. The molecule has 0 saturated heterocycles. The average molecular weight is 204 g/mol. The SMILES string of the molecule is Cc1ccc(/C(Cl)=N/O)cc1Cl. The summed E-state index contributed by atoms with van der Waals surface area (Å²) in [5.74, 6) is 0. The molecule has 0 aliphatic carbocycles. The summed E-state index contributed by atoms with van der Waals surface area (Å²) >= 11 is 11.4. The molecule has 1 N–H and O–H groups in total. The van der Waals surface area contributed by atoms with Gasteiger partial charge in [0.1, 0.15) is 0 Å². The van der Waals surface area contributed by atoms with Crippen molar-refractivity contribution in [2.45, 2.75) is 6.92 Å². The van der Waals surface area contributed by atoms with Gasteiger partial charge in [-0.25, -0.2) is 0 Å². The molecular weight excluding hydrogens is 197 g/mol. The molecule has 4 heteroatoms. The van der Waals surface area contributed by atoms with Crippen molar-refractivity contribution in [3.05, 3.63) is 34.3 Å². The van der Waals surface area contributed by atoms with Crippen LogP contribution in [0.15, 0.2) is 23.4 Å². The number of rotatable bonds is 1. The summed E-state index contributed by atoms with van der Waals surface area (Å²) in [5.41, 5.74) is 1.57. The van der Waals surface area contributed by atoms with Gasteiger partial charge in [-0.05, 0) is 18.6 Å². The van der Waals surface area contributed by atoms with Crippen molar-refractivity contribution in [2.75, 3.05) is 0 Å². The van der Waals surface area contributed by atoms with Crippen LogP contribution in [0.25, 0.3) is 0 Å². The summed E-state index contributed by atoms with van der Waals surface area (Å²) in [4.78, 5) is 0. The van der Waals surface area contributed by atoms with E-state index in [1.165, 1.54) is 0 Å². The van der Waals surface area contributed by atoms with Gasteiger partial charge in [-0.15, -0.1) is 0 Å². The normalized spacial score (nSPS) is 11.8. The van der Waals surface area contributed by atoms with E-state index in [4.69, 9.17) is 28.4 Å². The maximum absolute atomic E-state index is 8.36. The van der Waals surface area contributed by atoms with E-state index >= 15 is 0 Å². The van der Waals surface area contributed by atoms with Crippen molar-refractivity contribution < 1.29 is 5.21 Å². The van der Waals surface area contributed by atoms with Gasteiger partial charge in [0.05, 0.1) is 0 Å². The molecule has 0 bridgehead atoms. The Morgan fingerprint density at radius 2 is 2.17 bits per heavy atom. The minimum atomic E-state index is 0.0388. The zero-order valence-corrected chi connectivity index (χ0v) is 7.89. The molecule has 0 aliphatic heterocycles. The average Bonchev–Trinajstić information content (AvgIpc) is 2.08. The number of oxime groups is 1. The van der Waals surface area contributed by atoms with Crippen LogP contribution in [0.3, 0.4) is 0 Å². The molecule has 0 amide bonds. The standard InChI is InChI=1S/C8H7Cl2NO/c1-5-2-3-6(4-7(5)9)8(10)11-12/h2-4,12H,1H3/b11-8-. The predicted octanol–water partition coefficient (Wildman–Crippen LogP) is 3.02. The van der Waals surface area contributed by atoms with E-state index in [9.17, 15) is 0 Å². The largest absolute Gasteiger partial charge is 0.410 e. The highest BCUT2D eigenvalue weighted by molar-refractivity contribution is 6.69. The molecule has 64 valence electrons. The molecule has 1 rings (SSSR count). The fourth-order valence-corrected chi connectivity index (χ4v) is 1.08. The molecule has 1 aromatic carbocycles. The molecule has 0 aliphatic rings. The lowest BCUT2D eigenvalue weighted by molar-refractivity contribution is 0.321. The minimum absolute atomic E-state index is 0.0388. The van der Waals surface area contributed by atoms with E-state index in [1.54, 1.807) is 12.1 Å². The molecule has 0 unspecified atom stereocenters. The first-order valence-corrected chi connectivity index (χ1v) is 4.05. The van der Waals surface area contributed by atoms with Gasteiger partial charge < -0.3 is 5.21 Å². The third-order valence-electron chi connectivity index (χ3n) is 1.50. The highest BCUT2D eigenvalue weighted by Gasteiger charge is 2.02. The van der Waals surface area contributed by atoms with E-state index in [1.807, 2.05) is 13.0 Å². The molecular formula is C8H7Cl2NO. The number of hydrogen-bond acceptors (Lipinski definition) is 2. The van der Waals surface area contributed by atoms with Crippen molar-refractivity contribution in [3.8, 4) is 0 Å². The minimum Gasteiger partial charge on any atom is -0.410 e. The number of aryl methyl sites for hydroxylation is 1. The summed E-state index contributed by atoms with van der Waals surface area (Å²) < 4.78 is 0. The highest BCUT2D eigenvalue weighted by Crippen LogP contribution is 2.17. The first-order chi connectivity index (χ1) is 5.65. The van der Waals surface area contributed by atoms with Gasteiger partial charge in [0.2, 0.25) is 0 Å². The molecule has 0 atom stereocenters. The molecule has 1 aromatic rings. The fraction of sp³-hybridized carbons (Fsp3) is 0.125. The zero-order valence-electron chi connectivity index (χ0n) is 6.38. The van der Waals surface area contributed by atoms with Gasteiger partial charge in [0.15, 0.2) is 5.17 Å². The predicted molar refractivity (Wildman–Crippen MR) is 50.4 cm³/mol. The second kappa shape index (κ2) is 3.78. The van der Waals surface area contributed by atoms with Gasteiger partial charge >= 0.3 is 0 Å². The highest BCUT2D eigenvalue weighted by atomic mass is 35.5. The lowest BCUT2D eigenvalue weighted by atomic mass is 10.2. The lowest BCUT2D eigenvalue weighted by Gasteiger charge is -1.99. The fourth-order valence-electron chi connectivity index (χ4n) is 0.779. The third-order valence-corrected chi connectivity index (χ3v) is 2.20. The Bertz CT molecular complexity index is 323. The van der Waals surface area contributed by atoms with E-state index in [0.717, 1.165) is 5.56 Å². The molecule has 0 fully saturated rings. The Hall–Kier alpha value is -0.730. The maximum Gasteiger partial charge on any atom is 0.175 e. The molecule has 0 radical (unpaired) electrons.